The molecule has 1 aromatic carbocycles. The number of imidazole rings is 1. The van der Waals surface area contributed by atoms with Crippen molar-refractivity contribution in [1.82, 2.24) is 24.4 Å². The molecule has 1 N–H and O–H groups in total. The summed E-state index contributed by atoms with van der Waals surface area (Å²) in [6, 6.07) is 8.98. The number of hydrogen-bond donors (Lipinski definition) is 1. The summed E-state index contributed by atoms with van der Waals surface area (Å²) in [5.41, 5.74) is 3.81. The minimum absolute atomic E-state index is 0.246. The largest absolute Gasteiger partial charge is 0.369 e. The van der Waals surface area contributed by atoms with Crippen LogP contribution in [0.3, 0.4) is 0 Å². The molecule has 5 rings (SSSR count). The summed E-state index contributed by atoms with van der Waals surface area (Å²) < 4.78 is 2.17. The molecule has 7 nitrogen and oxygen atoms in total. The number of fused-ring (bicyclic) bond motifs is 1. The molecule has 0 spiro atoms. The van der Waals surface area contributed by atoms with E-state index in [9.17, 15) is 0 Å². The summed E-state index contributed by atoms with van der Waals surface area (Å²) >= 11 is 6.26. The molecule has 1 aliphatic heterocycles. The van der Waals surface area contributed by atoms with Crippen LogP contribution in [0.25, 0.3) is 11.2 Å². The number of anilines is 3. The fourth-order valence-corrected chi connectivity index (χ4v) is 4.81. The Hall–Kier alpha value is -2.38. The molecule has 1 aliphatic carbocycles. The van der Waals surface area contributed by atoms with E-state index in [2.05, 4.69) is 65.8 Å². The van der Waals surface area contributed by atoms with E-state index in [-0.39, 0.29) is 5.28 Å². The molecule has 0 atom stereocenters. The summed E-state index contributed by atoms with van der Waals surface area (Å²) in [5.74, 6) is 0.658. The van der Waals surface area contributed by atoms with Crippen molar-refractivity contribution in [2.24, 2.45) is 0 Å². The van der Waals surface area contributed by atoms with Crippen LogP contribution >= 0.6 is 11.6 Å². The predicted molar refractivity (Wildman–Crippen MR) is 122 cm³/mol. The molecule has 2 aromatic heterocycles. The van der Waals surface area contributed by atoms with Gasteiger partial charge in [-0.1, -0.05) is 19.8 Å². The lowest BCUT2D eigenvalue weighted by molar-refractivity contribution is 0.271. The Kier molecular flexibility index (Phi) is 5.48. The second kappa shape index (κ2) is 8.40. The lowest BCUT2D eigenvalue weighted by Gasteiger charge is -2.35. The Morgan fingerprint density at radius 1 is 1.03 bits per heavy atom. The van der Waals surface area contributed by atoms with Crippen LogP contribution in [-0.2, 0) is 0 Å². The van der Waals surface area contributed by atoms with Gasteiger partial charge in [0.1, 0.15) is 0 Å². The molecule has 3 heterocycles. The van der Waals surface area contributed by atoms with Crippen molar-refractivity contribution in [2.75, 3.05) is 42.9 Å². The van der Waals surface area contributed by atoms with E-state index in [0.717, 1.165) is 49.6 Å². The van der Waals surface area contributed by atoms with E-state index in [1.807, 2.05) is 6.33 Å². The van der Waals surface area contributed by atoms with E-state index in [1.54, 1.807) is 0 Å². The Labute approximate surface area is 182 Å². The van der Waals surface area contributed by atoms with Gasteiger partial charge >= 0.3 is 0 Å². The van der Waals surface area contributed by atoms with Gasteiger partial charge in [0, 0.05) is 43.6 Å². The lowest BCUT2D eigenvalue weighted by Crippen LogP contribution is -2.46. The van der Waals surface area contributed by atoms with Crippen LogP contribution in [0.4, 0.5) is 17.2 Å². The van der Waals surface area contributed by atoms with Crippen LogP contribution in [0.15, 0.2) is 30.6 Å². The highest BCUT2D eigenvalue weighted by atomic mass is 35.5. The topological polar surface area (TPSA) is 62.1 Å². The van der Waals surface area contributed by atoms with Gasteiger partial charge in [-0.3, -0.25) is 0 Å². The maximum Gasteiger partial charge on any atom is 0.226 e. The molecule has 158 valence electrons. The van der Waals surface area contributed by atoms with Crippen molar-refractivity contribution < 1.29 is 0 Å². The molecular weight excluding hydrogens is 398 g/mol. The van der Waals surface area contributed by atoms with Gasteiger partial charge in [0.15, 0.2) is 17.0 Å². The lowest BCUT2D eigenvalue weighted by atomic mass is 10.2. The summed E-state index contributed by atoms with van der Waals surface area (Å²) in [6.07, 6.45) is 6.74. The standard InChI is InChI=1S/C22H28ClN7/c1-2-28-11-13-29(14-12-28)17-9-7-16(8-10-17)25-20-19-21(27-22(23)26-20)30(15-24-19)18-5-3-4-6-18/h7-10,15,18H,2-6,11-14H2,1H3,(H,25,26,27). The Morgan fingerprint density at radius 3 is 2.47 bits per heavy atom. The molecule has 1 saturated carbocycles. The molecule has 8 heteroatoms. The number of nitrogens with one attached hydrogen (secondary N) is 1. The zero-order chi connectivity index (χ0) is 20.5. The van der Waals surface area contributed by atoms with E-state index >= 15 is 0 Å². The summed E-state index contributed by atoms with van der Waals surface area (Å²) in [7, 11) is 0. The first-order valence-electron chi connectivity index (χ1n) is 11.0. The third-order valence-corrected chi connectivity index (χ3v) is 6.60. The predicted octanol–water partition coefficient (Wildman–Crippen LogP) is 4.48. The third-order valence-electron chi connectivity index (χ3n) is 6.43. The van der Waals surface area contributed by atoms with Crippen LogP contribution in [0.5, 0.6) is 0 Å². The number of piperazine rings is 1. The highest BCUT2D eigenvalue weighted by molar-refractivity contribution is 6.28. The molecule has 0 bridgehead atoms. The molecule has 1 saturated heterocycles. The second-order valence-electron chi connectivity index (χ2n) is 8.20. The average molecular weight is 426 g/mol. The first-order valence-corrected chi connectivity index (χ1v) is 11.3. The number of rotatable bonds is 5. The van der Waals surface area contributed by atoms with E-state index in [4.69, 9.17) is 11.6 Å². The number of benzene rings is 1. The number of aromatic nitrogens is 4. The van der Waals surface area contributed by atoms with Crippen molar-refractivity contribution in [2.45, 2.75) is 38.6 Å². The number of nitrogens with zero attached hydrogens (tertiary/aromatic N) is 6. The molecule has 2 fully saturated rings. The van der Waals surface area contributed by atoms with Crippen LogP contribution in [0.1, 0.15) is 38.6 Å². The van der Waals surface area contributed by atoms with Gasteiger partial charge in [-0.25, -0.2) is 4.98 Å². The average Bonchev–Trinajstić information content (AvgIpc) is 3.44. The van der Waals surface area contributed by atoms with E-state index in [1.165, 1.54) is 31.4 Å². The van der Waals surface area contributed by atoms with Crippen molar-refractivity contribution in [3.8, 4) is 0 Å². The number of hydrogen-bond acceptors (Lipinski definition) is 6. The Bertz CT molecular complexity index is 1000. The fourth-order valence-electron chi connectivity index (χ4n) is 4.64. The Balaban J connectivity index is 1.35. The number of halogens is 1. The molecular formula is C22H28ClN7. The third kappa shape index (κ3) is 3.84. The van der Waals surface area contributed by atoms with E-state index in [0.29, 0.717) is 11.9 Å². The zero-order valence-corrected chi connectivity index (χ0v) is 18.1. The fraction of sp³-hybridized carbons (Fsp3) is 0.500. The zero-order valence-electron chi connectivity index (χ0n) is 17.4. The van der Waals surface area contributed by atoms with Crippen LogP contribution < -0.4 is 10.2 Å². The van der Waals surface area contributed by atoms with Crippen molar-refractivity contribution in [1.29, 1.82) is 0 Å². The molecule has 2 aliphatic rings. The van der Waals surface area contributed by atoms with Gasteiger partial charge in [-0.15, -0.1) is 0 Å². The van der Waals surface area contributed by atoms with Gasteiger partial charge in [-0.05, 0) is 55.3 Å². The normalized spacial score (nSPS) is 18.4. The molecule has 0 unspecified atom stereocenters. The molecule has 30 heavy (non-hydrogen) atoms. The smallest absolute Gasteiger partial charge is 0.226 e. The van der Waals surface area contributed by atoms with Gasteiger partial charge in [-0.2, -0.15) is 9.97 Å². The second-order valence-corrected chi connectivity index (χ2v) is 8.53. The van der Waals surface area contributed by atoms with E-state index < -0.39 is 0 Å². The maximum absolute atomic E-state index is 6.26. The SMILES string of the molecule is CCN1CCN(c2ccc(Nc3nc(Cl)nc4c3ncn4C3CCCC3)cc2)CC1. The van der Waals surface area contributed by atoms with Crippen molar-refractivity contribution >= 4 is 40.0 Å². The van der Waals surface area contributed by atoms with Crippen LogP contribution in [0, 0.1) is 0 Å². The van der Waals surface area contributed by atoms with Gasteiger partial charge in [0.05, 0.1) is 6.33 Å². The quantitative estimate of drug-likeness (QED) is 0.608. The van der Waals surface area contributed by atoms with Gasteiger partial charge in [0.25, 0.3) is 0 Å². The summed E-state index contributed by atoms with van der Waals surface area (Å²) in [4.78, 5) is 18.4. The van der Waals surface area contributed by atoms with Gasteiger partial charge in [0.2, 0.25) is 5.28 Å². The first-order chi connectivity index (χ1) is 14.7. The summed E-state index contributed by atoms with van der Waals surface area (Å²) in [6.45, 7) is 7.74. The monoisotopic (exact) mass is 425 g/mol. The van der Waals surface area contributed by atoms with Crippen LogP contribution in [-0.4, -0.2) is 57.1 Å². The Morgan fingerprint density at radius 2 is 1.77 bits per heavy atom. The highest BCUT2D eigenvalue weighted by Gasteiger charge is 2.22. The first kappa shape index (κ1) is 19.6. The maximum atomic E-state index is 6.26. The highest BCUT2D eigenvalue weighted by Crippen LogP contribution is 2.33. The minimum atomic E-state index is 0.246. The van der Waals surface area contributed by atoms with Crippen molar-refractivity contribution in [3.63, 3.8) is 0 Å². The van der Waals surface area contributed by atoms with Crippen LogP contribution in [0.2, 0.25) is 5.28 Å². The summed E-state index contributed by atoms with van der Waals surface area (Å²) in [5, 5.41) is 3.65. The number of likely N-dealkylation sites (N-methyl/N-ethyl adjacent to an activating group) is 1. The molecule has 3 aromatic rings. The molecule has 0 amide bonds. The van der Waals surface area contributed by atoms with Gasteiger partial charge < -0.3 is 19.7 Å². The molecule has 0 radical (unpaired) electrons. The van der Waals surface area contributed by atoms with Crippen molar-refractivity contribution in [3.05, 3.63) is 35.9 Å². The minimum Gasteiger partial charge on any atom is -0.369 e.